The van der Waals surface area contributed by atoms with Crippen molar-refractivity contribution in [2.24, 2.45) is 0 Å². The average molecular weight is 294 g/mol. The fourth-order valence-corrected chi connectivity index (χ4v) is 1.98. The molecule has 0 aliphatic rings. The smallest absolute Gasteiger partial charge is 0.416 e. The van der Waals surface area contributed by atoms with Crippen LogP contribution >= 0.6 is 0 Å². The maximum atomic E-state index is 12.9. The number of hydrogen-bond donors (Lipinski definition) is 0. The standard InChI is InChI=1S/C16H13F3O2/c1-2-21-15-5-3-4-12(9-15)13-6-11(10-20)7-14(8-13)16(17,18)19/h3-10H,2H2,1H3. The fraction of sp³-hybridized carbons (Fsp3) is 0.188. The first-order valence-electron chi connectivity index (χ1n) is 6.34. The summed E-state index contributed by atoms with van der Waals surface area (Å²) < 4.78 is 43.9. The molecular weight excluding hydrogens is 281 g/mol. The van der Waals surface area contributed by atoms with Crippen LogP contribution in [0.5, 0.6) is 5.75 Å². The van der Waals surface area contributed by atoms with Crippen molar-refractivity contribution in [2.45, 2.75) is 13.1 Å². The van der Waals surface area contributed by atoms with Crippen LogP contribution in [0.15, 0.2) is 42.5 Å². The van der Waals surface area contributed by atoms with Gasteiger partial charge in [-0.15, -0.1) is 0 Å². The largest absolute Gasteiger partial charge is 0.494 e. The van der Waals surface area contributed by atoms with Crippen LogP contribution in [0, 0.1) is 0 Å². The van der Waals surface area contributed by atoms with Gasteiger partial charge in [0.25, 0.3) is 0 Å². The monoisotopic (exact) mass is 294 g/mol. The van der Waals surface area contributed by atoms with E-state index in [-0.39, 0.29) is 5.56 Å². The molecule has 2 rings (SSSR count). The predicted molar refractivity (Wildman–Crippen MR) is 73.4 cm³/mol. The first kappa shape index (κ1) is 15.1. The highest BCUT2D eigenvalue weighted by Crippen LogP contribution is 2.34. The Labute approximate surface area is 120 Å². The van der Waals surface area contributed by atoms with Gasteiger partial charge >= 0.3 is 6.18 Å². The molecule has 110 valence electrons. The number of halogens is 3. The van der Waals surface area contributed by atoms with Crippen LogP contribution in [0.4, 0.5) is 13.2 Å². The zero-order valence-electron chi connectivity index (χ0n) is 11.3. The molecule has 2 aromatic carbocycles. The van der Waals surface area contributed by atoms with E-state index in [1.165, 1.54) is 6.07 Å². The van der Waals surface area contributed by atoms with E-state index in [1.54, 1.807) is 24.3 Å². The minimum Gasteiger partial charge on any atom is -0.494 e. The number of alkyl halides is 3. The predicted octanol–water partition coefficient (Wildman–Crippen LogP) is 4.58. The van der Waals surface area contributed by atoms with Crippen LogP contribution in [-0.4, -0.2) is 12.9 Å². The topological polar surface area (TPSA) is 26.3 Å². The number of aldehydes is 1. The molecule has 0 aromatic heterocycles. The van der Waals surface area contributed by atoms with Crippen molar-refractivity contribution in [1.82, 2.24) is 0 Å². The van der Waals surface area contributed by atoms with E-state index in [4.69, 9.17) is 4.74 Å². The van der Waals surface area contributed by atoms with E-state index in [0.29, 0.717) is 29.8 Å². The third kappa shape index (κ3) is 3.62. The third-order valence-corrected chi connectivity index (χ3v) is 2.90. The number of carbonyl (C=O) groups excluding carboxylic acids is 1. The van der Waals surface area contributed by atoms with E-state index >= 15 is 0 Å². The van der Waals surface area contributed by atoms with Gasteiger partial charge in [0.15, 0.2) is 0 Å². The molecule has 0 radical (unpaired) electrons. The van der Waals surface area contributed by atoms with Crippen LogP contribution in [0.2, 0.25) is 0 Å². The lowest BCUT2D eigenvalue weighted by molar-refractivity contribution is -0.137. The van der Waals surface area contributed by atoms with Gasteiger partial charge in [0, 0.05) is 5.56 Å². The Hall–Kier alpha value is -2.30. The summed E-state index contributed by atoms with van der Waals surface area (Å²) in [6.07, 6.45) is -4.09. The Bertz CT molecular complexity index is 648. The van der Waals surface area contributed by atoms with Crippen LogP contribution in [0.25, 0.3) is 11.1 Å². The maximum Gasteiger partial charge on any atom is 0.416 e. The summed E-state index contributed by atoms with van der Waals surface area (Å²) in [6, 6.07) is 10.0. The number of ether oxygens (including phenoxy) is 1. The van der Waals surface area contributed by atoms with Gasteiger partial charge < -0.3 is 4.74 Å². The zero-order valence-corrected chi connectivity index (χ0v) is 11.3. The SMILES string of the molecule is CCOc1cccc(-c2cc(C=O)cc(C(F)(F)F)c2)c1. The van der Waals surface area contributed by atoms with Gasteiger partial charge in [-0.05, 0) is 48.4 Å². The number of hydrogen-bond acceptors (Lipinski definition) is 2. The van der Waals surface area contributed by atoms with E-state index in [9.17, 15) is 18.0 Å². The lowest BCUT2D eigenvalue weighted by Crippen LogP contribution is -2.06. The Balaban J connectivity index is 2.52. The zero-order chi connectivity index (χ0) is 15.5. The van der Waals surface area contributed by atoms with Crippen molar-refractivity contribution in [2.75, 3.05) is 6.61 Å². The summed E-state index contributed by atoms with van der Waals surface area (Å²) in [5, 5.41) is 0. The second-order valence-corrected chi connectivity index (χ2v) is 4.42. The summed E-state index contributed by atoms with van der Waals surface area (Å²) in [6.45, 7) is 2.28. The summed E-state index contributed by atoms with van der Waals surface area (Å²) in [4.78, 5) is 10.8. The van der Waals surface area contributed by atoms with Crippen LogP contribution in [-0.2, 0) is 6.18 Å². The summed E-state index contributed by atoms with van der Waals surface area (Å²) in [5.74, 6) is 0.570. The molecule has 0 heterocycles. The first-order valence-corrected chi connectivity index (χ1v) is 6.34. The van der Waals surface area contributed by atoms with Gasteiger partial charge in [-0.2, -0.15) is 13.2 Å². The summed E-state index contributed by atoms with van der Waals surface area (Å²) in [5.41, 5.74) is 0.0363. The van der Waals surface area contributed by atoms with E-state index in [1.807, 2.05) is 6.92 Å². The molecule has 21 heavy (non-hydrogen) atoms. The van der Waals surface area contributed by atoms with Crippen molar-refractivity contribution in [3.8, 4) is 16.9 Å². The van der Waals surface area contributed by atoms with Crippen molar-refractivity contribution < 1.29 is 22.7 Å². The lowest BCUT2D eigenvalue weighted by Gasteiger charge is -2.11. The highest BCUT2D eigenvalue weighted by Gasteiger charge is 2.31. The van der Waals surface area contributed by atoms with Crippen molar-refractivity contribution >= 4 is 6.29 Å². The molecule has 5 heteroatoms. The fourth-order valence-electron chi connectivity index (χ4n) is 1.98. The molecule has 0 aliphatic carbocycles. The van der Waals surface area contributed by atoms with Gasteiger partial charge in [-0.3, -0.25) is 4.79 Å². The molecule has 0 atom stereocenters. The summed E-state index contributed by atoms with van der Waals surface area (Å²) in [7, 11) is 0. The van der Waals surface area contributed by atoms with E-state index in [0.717, 1.165) is 12.1 Å². The van der Waals surface area contributed by atoms with Crippen molar-refractivity contribution in [3.63, 3.8) is 0 Å². The van der Waals surface area contributed by atoms with Gasteiger partial charge in [0.1, 0.15) is 12.0 Å². The van der Waals surface area contributed by atoms with E-state index in [2.05, 4.69) is 0 Å². The van der Waals surface area contributed by atoms with Gasteiger partial charge in [0.2, 0.25) is 0 Å². The van der Waals surface area contributed by atoms with Crippen LogP contribution in [0.3, 0.4) is 0 Å². The molecule has 0 unspecified atom stereocenters. The van der Waals surface area contributed by atoms with Crippen molar-refractivity contribution in [3.05, 3.63) is 53.6 Å². The van der Waals surface area contributed by atoms with Crippen LogP contribution < -0.4 is 4.74 Å². The molecule has 0 bridgehead atoms. The Kier molecular flexibility index (Phi) is 4.31. The Morgan fingerprint density at radius 1 is 1.10 bits per heavy atom. The second-order valence-electron chi connectivity index (χ2n) is 4.42. The maximum absolute atomic E-state index is 12.9. The number of rotatable bonds is 4. The van der Waals surface area contributed by atoms with E-state index < -0.39 is 11.7 Å². The highest BCUT2D eigenvalue weighted by atomic mass is 19.4. The minimum absolute atomic E-state index is 0.0124. The molecule has 2 aromatic rings. The lowest BCUT2D eigenvalue weighted by atomic mass is 9.99. The van der Waals surface area contributed by atoms with Gasteiger partial charge in [-0.1, -0.05) is 12.1 Å². The minimum atomic E-state index is -4.49. The molecular formula is C16H13F3O2. The van der Waals surface area contributed by atoms with Gasteiger partial charge in [0.05, 0.1) is 12.2 Å². The molecule has 0 amide bonds. The second kappa shape index (κ2) is 5.99. The molecule has 0 saturated carbocycles. The third-order valence-electron chi connectivity index (χ3n) is 2.90. The normalized spacial score (nSPS) is 11.2. The Morgan fingerprint density at radius 2 is 1.86 bits per heavy atom. The highest BCUT2D eigenvalue weighted by molar-refractivity contribution is 5.80. The van der Waals surface area contributed by atoms with Crippen LogP contribution in [0.1, 0.15) is 22.8 Å². The van der Waals surface area contributed by atoms with Crippen molar-refractivity contribution in [1.29, 1.82) is 0 Å². The average Bonchev–Trinajstić information content (AvgIpc) is 2.46. The number of benzene rings is 2. The molecule has 0 aliphatic heterocycles. The molecule has 0 fully saturated rings. The molecule has 2 nitrogen and oxygen atoms in total. The molecule has 0 saturated heterocycles. The number of carbonyl (C=O) groups is 1. The quantitative estimate of drug-likeness (QED) is 0.771. The summed E-state index contributed by atoms with van der Waals surface area (Å²) >= 11 is 0. The Morgan fingerprint density at radius 3 is 2.48 bits per heavy atom. The molecule has 0 spiro atoms. The molecule has 0 N–H and O–H groups in total. The van der Waals surface area contributed by atoms with Gasteiger partial charge in [-0.25, -0.2) is 0 Å². The first-order chi connectivity index (χ1) is 9.94.